The Hall–Kier alpha value is -1.54. The van der Waals surface area contributed by atoms with Crippen LogP contribution in [0.15, 0.2) is 0 Å². The van der Waals surface area contributed by atoms with Crippen LogP contribution in [-0.2, 0) is 46.9 Å². The summed E-state index contributed by atoms with van der Waals surface area (Å²) in [6.45, 7) is 0. The Bertz CT molecular complexity index is 792. The molecule has 0 aromatic rings. The molecule has 0 radical (unpaired) electrons. The Morgan fingerprint density at radius 1 is 0.432 bits per heavy atom. The van der Waals surface area contributed by atoms with E-state index in [4.69, 9.17) is 18.1 Å². The van der Waals surface area contributed by atoms with Gasteiger partial charge in [0.2, 0.25) is 0 Å². The van der Waals surface area contributed by atoms with Crippen molar-refractivity contribution in [1.29, 1.82) is 0 Å². The maximum absolute atomic E-state index is 12.3. The van der Waals surface area contributed by atoms with Crippen LogP contribution in [-0.4, -0.2) is 78.8 Å². The van der Waals surface area contributed by atoms with E-state index in [-0.39, 0.29) is 38.5 Å². The van der Waals surface area contributed by atoms with Crippen molar-refractivity contribution < 1.29 is 46.9 Å². The van der Waals surface area contributed by atoms with E-state index in [1.807, 2.05) is 0 Å². The second kappa shape index (κ2) is 24.7. The third kappa shape index (κ3) is 20.5. The normalized spacial score (nSPS) is 19.5. The quantitative estimate of drug-likeness (QED) is 0.188. The number of unbranched alkanes of at least 4 members (excludes halogenated alkanes) is 5. The Kier molecular flexibility index (Phi) is 21.7. The average molecular weight is 844 g/mol. The van der Waals surface area contributed by atoms with Crippen molar-refractivity contribution in [2.45, 2.75) is 154 Å². The summed E-state index contributed by atoms with van der Waals surface area (Å²) in [4.78, 5) is 73.0. The van der Waals surface area contributed by atoms with Gasteiger partial charge in [0.05, 0.1) is 0 Å². The van der Waals surface area contributed by atoms with Gasteiger partial charge in [0.25, 0.3) is 0 Å². The van der Waals surface area contributed by atoms with Gasteiger partial charge in [-0.15, -0.1) is 0 Å². The van der Waals surface area contributed by atoms with Gasteiger partial charge in [-0.05, 0) is 0 Å². The van der Waals surface area contributed by atoms with E-state index in [1.165, 1.54) is 0 Å². The summed E-state index contributed by atoms with van der Waals surface area (Å²) in [6, 6.07) is 0. The Morgan fingerprint density at radius 3 is 0.977 bits per heavy atom. The minimum atomic E-state index is -3.74. The van der Waals surface area contributed by atoms with Crippen molar-refractivity contribution in [3.63, 3.8) is 0 Å². The molecule has 0 unspecified atom stereocenters. The van der Waals surface area contributed by atoms with E-state index in [0.717, 1.165) is 77.0 Å². The topological polar surface area (TPSA) is 158 Å². The standard InChI is InChI=1S/3C10H18O4.2Sb/c3*11-9(12)7-5-3-1-2-4-6-8-10(13)14;;/h3*1-8H2,(H,11,12)(H,13,14);;/q;;;2*+3/p-6. The van der Waals surface area contributed by atoms with Gasteiger partial charge >= 0.3 is 280 Å². The monoisotopic (exact) mass is 842 g/mol. The molecule has 0 aromatic heterocycles. The van der Waals surface area contributed by atoms with Crippen LogP contribution in [0.5, 0.6) is 0 Å². The van der Waals surface area contributed by atoms with Crippen LogP contribution in [0.4, 0.5) is 0 Å². The molecule has 44 heavy (non-hydrogen) atoms. The molecule has 14 heteroatoms. The molecular weight excluding hydrogens is 796 g/mol. The van der Waals surface area contributed by atoms with Crippen molar-refractivity contribution in [2.24, 2.45) is 0 Å². The molecular formula is C30H48O12Sb2. The fraction of sp³-hybridized carbons (Fsp3) is 0.800. The number of carbonyl (C=O) groups excluding carboxylic acids is 6. The van der Waals surface area contributed by atoms with E-state index in [2.05, 4.69) is 0 Å². The van der Waals surface area contributed by atoms with Crippen LogP contribution in [0.1, 0.15) is 154 Å². The molecule has 0 N–H and O–H groups in total. The minimum absolute atomic E-state index is 0.132. The first-order chi connectivity index (χ1) is 21.3. The van der Waals surface area contributed by atoms with Gasteiger partial charge in [0, 0.05) is 0 Å². The van der Waals surface area contributed by atoms with Gasteiger partial charge in [-0.2, -0.15) is 0 Å². The third-order valence-corrected chi connectivity index (χ3v) is 13.1. The molecule has 0 aromatic carbocycles. The van der Waals surface area contributed by atoms with Gasteiger partial charge in [-0.25, -0.2) is 0 Å². The van der Waals surface area contributed by atoms with Crippen LogP contribution in [0.3, 0.4) is 0 Å². The molecule has 12 nitrogen and oxygen atoms in total. The number of carbonyl (C=O) groups is 6. The van der Waals surface area contributed by atoms with Crippen molar-refractivity contribution in [1.82, 2.24) is 0 Å². The Balaban J connectivity index is 1.60. The summed E-state index contributed by atoms with van der Waals surface area (Å²) >= 11 is -7.48. The molecule has 2 saturated heterocycles. The van der Waals surface area contributed by atoms with Gasteiger partial charge in [-0.3, -0.25) is 0 Å². The molecule has 0 aliphatic carbocycles. The molecule has 2 heterocycles. The van der Waals surface area contributed by atoms with Crippen LogP contribution < -0.4 is 0 Å². The summed E-state index contributed by atoms with van der Waals surface area (Å²) < 4.78 is 31.7. The summed E-state index contributed by atoms with van der Waals surface area (Å²) in [6.07, 6.45) is 16.0. The molecule has 0 atom stereocenters. The van der Waals surface area contributed by atoms with Crippen molar-refractivity contribution in [3.8, 4) is 0 Å². The SMILES string of the molecule is O=C1CCCCCCCCC(=O)[O][Sb]([O]C(=O)CCCCCCCCC(=O)[O][Sb]2[O]C(=O)CCCCCCCCC(=O)[O]2)[O]1. The van der Waals surface area contributed by atoms with Gasteiger partial charge < -0.3 is 0 Å². The first-order valence-electron chi connectivity index (χ1n) is 16.2. The summed E-state index contributed by atoms with van der Waals surface area (Å²) in [5, 5.41) is 0. The van der Waals surface area contributed by atoms with Gasteiger partial charge in [0.1, 0.15) is 0 Å². The summed E-state index contributed by atoms with van der Waals surface area (Å²) in [5.41, 5.74) is 0. The molecule has 2 aliphatic heterocycles. The first-order valence-corrected chi connectivity index (χ1v) is 22.4. The number of rotatable bonds is 11. The fourth-order valence-electron chi connectivity index (χ4n) is 4.62. The zero-order chi connectivity index (χ0) is 31.8. The van der Waals surface area contributed by atoms with Crippen molar-refractivity contribution in [3.05, 3.63) is 0 Å². The molecule has 2 rings (SSSR count). The predicted octanol–water partition coefficient (Wildman–Crippen LogP) is 5.61. The zero-order valence-corrected chi connectivity index (χ0v) is 30.9. The predicted molar refractivity (Wildman–Crippen MR) is 159 cm³/mol. The fourth-order valence-corrected chi connectivity index (χ4v) is 9.67. The second-order valence-electron chi connectivity index (χ2n) is 11.1. The van der Waals surface area contributed by atoms with E-state index in [1.54, 1.807) is 0 Å². The first kappa shape index (κ1) is 38.6. The Labute approximate surface area is 278 Å². The molecule has 2 fully saturated rings. The van der Waals surface area contributed by atoms with Crippen LogP contribution in [0.2, 0.25) is 0 Å². The summed E-state index contributed by atoms with van der Waals surface area (Å²) in [5.74, 6) is -3.01. The molecule has 0 bridgehead atoms. The zero-order valence-electron chi connectivity index (χ0n) is 25.8. The van der Waals surface area contributed by atoms with E-state index in [9.17, 15) is 28.8 Å². The molecule has 0 saturated carbocycles. The average Bonchev–Trinajstić information content (AvgIpc) is 2.98. The van der Waals surface area contributed by atoms with E-state index >= 15 is 0 Å². The Morgan fingerprint density at radius 2 is 0.682 bits per heavy atom. The number of hydrogen-bond donors (Lipinski definition) is 0. The van der Waals surface area contributed by atoms with Crippen molar-refractivity contribution in [2.75, 3.05) is 0 Å². The number of hydrogen-bond acceptors (Lipinski definition) is 12. The molecule has 0 amide bonds. The third-order valence-electron chi connectivity index (χ3n) is 7.09. The maximum atomic E-state index is 12.3. The van der Waals surface area contributed by atoms with Gasteiger partial charge in [-0.1, -0.05) is 0 Å². The second-order valence-corrected chi connectivity index (χ2v) is 16.8. The van der Waals surface area contributed by atoms with Crippen LogP contribution in [0, 0.1) is 0 Å². The molecule has 2 aliphatic rings. The van der Waals surface area contributed by atoms with E-state index in [0.29, 0.717) is 38.5 Å². The molecule has 250 valence electrons. The molecule has 0 spiro atoms. The van der Waals surface area contributed by atoms with Crippen LogP contribution >= 0.6 is 0 Å². The van der Waals surface area contributed by atoms with Crippen molar-refractivity contribution >= 4 is 78.8 Å². The summed E-state index contributed by atoms with van der Waals surface area (Å²) in [7, 11) is 0. The van der Waals surface area contributed by atoms with E-state index < -0.39 is 78.8 Å². The van der Waals surface area contributed by atoms with Gasteiger partial charge in [0.15, 0.2) is 0 Å². The van der Waals surface area contributed by atoms with Crippen LogP contribution in [0.25, 0.3) is 0 Å².